The van der Waals surface area contributed by atoms with E-state index in [-0.39, 0.29) is 0 Å². The zero-order valence-electron chi connectivity index (χ0n) is 15.5. The van der Waals surface area contributed by atoms with E-state index in [0.717, 1.165) is 37.8 Å². The van der Waals surface area contributed by atoms with Crippen molar-refractivity contribution in [1.29, 1.82) is 0 Å². The second-order valence-electron chi connectivity index (χ2n) is 6.96. The number of nitrogens with zero attached hydrogens (tertiary/aromatic N) is 4. The molecule has 0 aliphatic carbocycles. The van der Waals surface area contributed by atoms with Crippen molar-refractivity contribution < 1.29 is 0 Å². The maximum Gasteiger partial charge on any atom is 0.134 e. The van der Waals surface area contributed by atoms with Crippen molar-refractivity contribution in [2.24, 2.45) is 5.92 Å². The summed E-state index contributed by atoms with van der Waals surface area (Å²) in [5, 5.41) is 3.27. The van der Waals surface area contributed by atoms with Gasteiger partial charge in [-0.25, -0.2) is 9.97 Å². The lowest BCUT2D eigenvalue weighted by Gasteiger charge is -2.42. The van der Waals surface area contributed by atoms with Crippen LogP contribution in [0.25, 0.3) is 0 Å². The van der Waals surface area contributed by atoms with E-state index in [4.69, 9.17) is 0 Å². The topological polar surface area (TPSA) is 44.3 Å². The van der Waals surface area contributed by atoms with Crippen LogP contribution in [0.2, 0.25) is 0 Å². The van der Waals surface area contributed by atoms with Crippen molar-refractivity contribution in [1.82, 2.24) is 14.9 Å². The monoisotopic (exact) mass is 339 g/mol. The standard InChI is InChI=1S/C20H29N5/c1-4-21-19-12-20(23-15-22-19)24(3)18-14-25(11-10-16(18)2)13-17-8-6-5-7-9-17/h5-9,12,15-16,18H,4,10-11,13-14H2,1-3H3,(H,21,22,23)/t16-,18+/m1/s1. The Balaban J connectivity index is 1.69. The summed E-state index contributed by atoms with van der Waals surface area (Å²) >= 11 is 0. The van der Waals surface area contributed by atoms with E-state index in [0.29, 0.717) is 12.0 Å². The van der Waals surface area contributed by atoms with Crippen molar-refractivity contribution in [2.45, 2.75) is 32.9 Å². The Kier molecular flexibility index (Phi) is 5.87. The van der Waals surface area contributed by atoms with Crippen LogP contribution in [0, 0.1) is 5.92 Å². The molecular formula is C20H29N5. The predicted molar refractivity (Wildman–Crippen MR) is 104 cm³/mol. The minimum atomic E-state index is 0.460. The van der Waals surface area contributed by atoms with E-state index >= 15 is 0 Å². The van der Waals surface area contributed by atoms with Gasteiger partial charge in [0.1, 0.15) is 18.0 Å². The van der Waals surface area contributed by atoms with Crippen molar-refractivity contribution in [3.05, 3.63) is 48.3 Å². The minimum absolute atomic E-state index is 0.460. The summed E-state index contributed by atoms with van der Waals surface area (Å²) in [4.78, 5) is 13.7. The lowest BCUT2D eigenvalue weighted by Crippen LogP contribution is -2.50. The van der Waals surface area contributed by atoms with Crippen LogP contribution < -0.4 is 10.2 Å². The molecule has 25 heavy (non-hydrogen) atoms. The van der Waals surface area contributed by atoms with Crippen LogP contribution in [0.4, 0.5) is 11.6 Å². The average Bonchev–Trinajstić information content (AvgIpc) is 2.64. The van der Waals surface area contributed by atoms with Gasteiger partial charge in [0, 0.05) is 38.8 Å². The number of aromatic nitrogens is 2. The highest BCUT2D eigenvalue weighted by molar-refractivity contribution is 5.48. The van der Waals surface area contributed by atoms with Gasteiger partial charge in [0.15, 0.2) is 0 Å². The fraction of sp³-hybridized carbons (Fsp3) is 0.500. The lowest BCUT2D eigenvalue weighted by molar-refractivity contribution is 0.159. The smallest absolute Gasteiger partial charge is 0.134 e. The van der Waals surface area contributed by atoms with E-state index in [9.17, 15) is 0 Å². The van der Waals surface area contributed by atoms with Crippen molar-refractivity contribution in [3.8, 4) is 0 Å². The van der Waals surface area contributed by atoms with Gasteiger partial charge in [-0.05, 0) is 31.4 Å². The molecule has 1 aliphatic heterocycles. The first-order valence-corrected chi connectivity index (χ1v) is 9.22. The van der Waals surface area contributed by atoms with Gasteiger partial charge < -0.3 is 10.2 Å². The number of likely N-dealkylation sites (N-methyl/N-ethyl adjacent to an activating group) is 1. The quantitative estimate of drug-likeness (QED) is 0.875. The zero-order chi connectivity index (χ0) is 17.6. The van der Waals surface area contributed by atoms with E-state index < -0.39 is 0 Å². The molecule has 0 spiro atoms. The van der Waals surface area contributed by atoms with E-state index in [2.05, 4.69) is 76.3 Å². The number of piperidine rings is 1. The Morgan fingerprint density at radius 1 is 1.24 bits per heavy atom. The third kappa shape index (κ3) is 4.48. The summed E-state index contributed by atoms with van der Waals surface area (Å²) in [7, 11) is 2.16. The zero-order valence-corrected chi connectivity index (χ0v) is 15.5. The van der Waals surface area contributed by atoms with Gasteiger partial charge in [-0.2, -0.15) is 0 Å². The molecule has 1 N–H and O–H groups in total. The van der Waals surface area contributed by atoms with Crippen LogP contribution in [0.1, 0.15) is 25.8 Å². The van der Waals surface area contributed by atoms with Crippen LogP contribution in [0.15, 0.2) is 42.7 Å². The number of hydrogen-bond acceptors (Lipinski definition) is 5. The number of anilines is 2. The van der Waals surface area contributed by atoms with Gasteiger partial charge in [0.2, 0.25) is 0 Å². The Morgan fingerprint density at radius 3 is 2.80 bits per heavy atom. The fourth-order valence-corrected chi connectivity index (χ4v) is 3.59. The van der Waals surface area contributed by atoms with Crippen LogP contribution in [-0.2, 0) is 6.54 Å². The Bertz CT molecular complexity index is 660. The third-order valence-electron chi connectivity index (χ3n) is 5.12. The molecule has 1 aliphatic rings. The van der Waals surface area contributed by atoms with Crippen LogP contribution in [0.5, 0.6) is 0 Å². The summed E-state index contributed by atoms with van der Waals surface area (Å²) in [6, 6.07) is 13.3. The molecule has 3 rings (SSSR count). The van der Waals surface area contributed by atoms with E-state index in [1.807, 2.05) is 6.07 Å². The Morgan fingerprint density at radius 2 is 2.04 bits per heavy atom. The van der Waals surface area contributed by atoms with E-state index in [1.54, 1.807) is 6.33 Å². The lowest BCUT2D eigenvalue weighted by atomic mass is 9.92. The molecule has 2 aromatic rings. The maximum atomic E-state index is 4.50. The first kappa shape index (κ1) is 17.7. The highest BCUT2D eigenvalue weighted by Crippen LogP contribution is 2.26. The summed E-state index contributed by atoms with van der Waals surface area (Å²) in [6.07, 6.45) is 2.87. The summed E-state index contributed by atoms with van der Waals surface area (Å²) in [5.74, 6) is 2.53. The molecule has 2 atom stereocenters. The Labute approximate surface area is 151 Å². The second kappa shape index (κ2) is 8.30. The number of rotatable bonds is 6. The molecule has 1 aromatic carbocycles. The molecule has 0 radical (unpaired) electrons. The predicted octanol–water partition coefficient (Wildman–Crippen LogP) is 3.26. The molecule has 1 aromatic heterocycles. The highest BCUT2D eigenvalue weighted by Gasteiger charge is 2.30. The normalized spacial score (nSPS) is 21.1. The molecular weight excluding hydrogens is 310 g/mol. The molecule has 1 saturated heterocycles. The number of benzene rings is 1. The first-order valence-electron chi connectivity index (χ1n) is 9.22. The summed E-state index contributed by atoms with van der Waals surface area (Å²) in [6.45, 7) is 8.54. The summed E-state index contributed by atoms with van der Waals surface area (Å²) < 4.78 is 0. The molecule has 0 unspecified atom stereocenters. The van der Waals surface area contributed by atoms with Crippen molar-refractivity contribution in [2.75, 3.05) is 36.9 Å². The third-order valence-corrected chi connectivity index (χ3v) is 5.12. The molecule has 5 nitrogen and oxygen atoms in total. The van der Waals surface area contributed by atoms with Crippen molar-refractivity contribution >= 4 is 11.6 Å². The summed E-state index contributed by atoms with van der Waals surface area (Å²) in [5.41, 5.74) is 1.38. The van der Waals surface area contributed by atoms with Gasteiger partial charge in [0.05, 0.1) is 0 Å². The molecule has 0 amide bonds. The van der Waals surface area contributed by atoms with Crippen LogP contribution >= 0.6 is 0 Å². The average molecular weight is 339 g/mol. The fourth-order valence-electron chi connectivity index (χ4n) is 3.59. The molecule has 134 valence electrons. The number of likely N-dealkylation sites (tertiary alicyclic amines) is 1. The van der Waals surface area contributed by atoms with E-state index in [1.165, 1.54) is 12.0 Å². The van der Waals surface area contributed by atoms with Gasteiger partial charge in [-0.1, -0.05) is 37.3 Å². The Hall–Kier alpha value is -2.14. The number of nitrogens with one attached hydrogen (secondary N) is 1. The number of hydrogen-bond donors (Lipinski definition) is 1. The largest absolute Gasteiger partial charge is 0.370 e. The van der Waals surface area contributed by atoms with Crippen LogP contribution in [-0.4, -0.2) is 47.6 Å². The molecule has 0 saturated carbocycles. The van der Waals surface area contributed by atoms with Gasteiger partial charge in [-0.3, -0.25) is 4.90 Å². The van der Waals surface area contributed by atoms with Crippen LogP contribution in [0.3, 0.4) is 0 Å². The molecule has 1 fully saturated rings. The van der Waals surface area contributed by atoms with Gasteiger partial charge >= 0.3 is 0 Å². The molecule has 2 heterocycles. The van der Waals surface area contributed by atoms with Crippen molar-refractivity contribution in [3.63, 3.8) is 0 Å². The molecule has 0 bridgehead atoms. The van der Waals surface area contributed by atoms with Gasteiger partial charge in [0.25, 0.3) is 0 Å². The SMILES string of the molecule is CCNc1cc(N(C)[C@H]2CN(Cc3ccccc3)CC[C@H]2C)ncn1. The first-order chi connectivity index (χ1) is 12.2. The maximum absolute atomic E-state index is 4.50. The second-order valence-corrected chi connectivity index (χ2v) is 6.96. The highest BCUT2D eigenvalue weighted by atomic mass is 15.3. The minimum Gasteiger partial charge on any atom is -0.370 e. The molecule has 5 heteroatoms. The van der Waals surface area contributed by atoms with Gasteiger partial charge in [-0.15, -0.1) is 0 Å².